The van der Waals surface area contributed by atoms with Crippen molar-refractivity contribution in [3.05, 3.63) is 17.8 Å². The van der Waals surface area contributed by atoms with E-state index in [0.29, 0.717) is 31.0 Å². The van der Waals surface area contributed by atoms with Crippen LogP contribution in [-0.4, -0.2) is 35.0 Å². The fraction of sp³-hybridized carbons (Fsp3) is 0.667. The molecule has 0 bridgehead atoms. The molecule has 6 heteroatoms. The van der Waals surface area contributed by atoms with E-state index in [1.54, 1.807) is 0 Å². The summed E-state index contributed by atoms with van der Waals surface area (Å²) in [5.41, 5.74) is 0.462. The van der Waals surface area contributed by atoms with Crippen LogP contribution in [0.2, 0.25) is 0 Å². The van der Waals surface area contributed by atoms with Gasteiger partial charge in [-0.1, -0.05) is 6.92 Å². The molecular weight excluding hydrogens is 271 g/mol. The molecule has 1 saturated carbocycles. The molecule has 0 radical (unpaired) electrons. The summed E-state index contributed by atoms with van der Waals surface area (Å²) < 4.78 is 14.2. The third kappa shape index (κ3) is 3.14. The molecule has 1 aromatic heterocycles. The number of halogens is 1. The van der Waals surface area contributed by atoms with Gasteiger partial charge in [0.05, 0.1) is 5.69 Å². The Morgan fingerprint density at radius 1 is 1.33 bits per heavy atom. The summed E-state index contributed by atoms with van der Waals surface area (Å²) in [6.45, 7) is 3.31. The normalized spacial score (nSPS) is 19.6. The lowest BCUT2D eigenvalue weighted by Crippen LogP contribution is -2.45. The van der Waals surface area contributed by atoms with Gasteiger partial charge in [-0.15, -0.1) is 0 Å². The van der Waals surface area contributed by atoms with Crippen molar-refractivity contribution in [1.82, 2.24) is 15.3 Å². The van der Waals surface area contributed by atoms with Crippen molar-refractivity contribution in [3.8, 4) is 0 Å². The van der Waals surface area contributed by atoms with Crippen molar-refractivity contribution < 1.29 is 9.18 Å². The number of hydrogen-bond acceptors (Lipinski definition) is 4. The topological polar surface area (TPSA) is 58.1 Å². The van der Waals surface area contributed by atoms with Gasteiger partial charge in [0.1, 0.15) is 6.33 Å². The quantitative estimate of drug-likeness (QED) is 0.917. The molecule has 0 aromatic carbocycles. The predicted octanol–water partition coefficient (Wildman–Crippen LogP) is 1.67. The molecule has 0 atom stereocenters. The summed E-state index contributed by atoms with van der Waals surface area (Å²) >= 11 is 0. The molecule has 21 heavy (non-hydrogen) atoms. The average molecular weight is 292 g/mol. The second kappa shape index (κ2) is 5.95. The number of carbonyl (C=O) groups excluding carboxylic acids is 1. The van der Waals surface area contributed by atoms with Gasteiger partial charge in [0.15, 0.2) is 11.6 Å². The minimum Gasteiger partial charge on any atom is -0.354 e. The highest BCUT2D eigenvalue weighted by Crippen LogP contribution is 2.29. The summed E-state index contributed by atoms with van der Waals surface area (Å²) in [5, 5.41) is 3.10. The summed E-state index contributed by atoms with van der Waals surface area (Å²) in [7, 11) is 0. The lowest BCUT2D eigenvalue weighted by Gasteiger charge is -2.33. The maximum absolute atomic E-state index is 14.2. The van der Waals surface area contributed by atoms with Crippen molar-refractivity contribution in [2.45, 2.75) is 45.1 Å². The van der Waals surface area contributed by atoms with E-state index in [4.69, 9.17) is 0 Å². The highest BCUT2D eigenvalue weighted by Gasteiger charge is 2.32. The first-order valence-corrected chi connectivity index (χ1v) is 7.73. The lowest BCUT2D eigenvalue weighted by atomic mass is 10.0. The largest absolute Gasteiger partial charge is 0.354 e. The maximum atomic E-state index is 14.2. The van der Waals surface area contributed by atoms with E-state index in [1.807, 2.05) is 11.8 Å². The Hall–Kier alpha value is -1.72. The first kappa shape index (κ1) is 14.2. The Labute approximate surface area is 124 Å². The molecular formula is C15H21FN4O. The van der Waals surface area contributed by atoms with Gasteiger partial charge in [0.2, 0.25) is 5.91 Å². The van der Waals surface area contributed by atoms with Crippen LogP contribution in [0.3, 0.4) is 0 Å². The molecule has 2 fully saturated rings. The Kier molecular flexibility index (Phi) is 4.03. The number of aromatic nitrogens is 2. The minimum atomic E-state index is -0.305. The molecule has 0 spiro atoms. The zero-order chi connectivity index (χ0) is 14.8. The molecule has 2 heterocycles. The Bertz CT molecular complexity index is 524. The Morgan fingerprint density at radius 2 is 2.05 bits per heavy atom. The predicted molar refractivity (Wildman–Crippen MR) is 77.5 cm³/mol. The first-order valence-electron chi connectivity index (χ1n) is 7.73. The van der Waals surface area contributed by atoms with E-state index in [2.05, 4.69) is 15.3 Å². The number of nitrogens with zero attached hydrogens (tertiary/aromatic N) is 3. The molecule has 1 aliphatic carbocycles. The van der Waals surface area contributed by atoms with E-state index >= 15 is 0 Å². The maximum Gasteiger partial charge on any atom is 0.223 e. The van der Waals surface area contributed by atoms with Gasteiger partial charge < -0.3 is 10.2 Å². The second-order valence-electron chi connectivity index (χ2n) is 5.86. The van der Waals surface area contributed by atoms with Gasteiger partial charge in [0, 0.05) is 25.0 Å². The highest BCUT2D eigenvalue weighted by molar-refractivity contribution is 5.81. The van der Waals surface area contributed by atoms with Crippen LogP contribution in [0.15, 0.2) is 6.33 Å². The number of nitrogens with one attached hydrogen (secondary N) is 1. The smallest absolute Gasteiger partial charge is 0.223 e. The molecule has 3 rings (SSSR count). The van der Waals surface area contributed by atoms with E-state index in [1.165, 1.54) is 6.33 Å². The van der Waals surface area contributed by atoms with Gasteiger partial charge in [-0.3, -0.25) is 4.79 Å². The number of rotatable bonds is 4. The molecule has 0 unspecified atom stereocenters. The summed E-state index contributed by atoms with van der Waals surface area (Å²) in [6.07, 6.45) is 5.72. The average Bonchev–Trinajstić information content (AvgIpc) is 3.33. The third-order valence-corrected chi connectivity index (χ3v) is 4.27. The second-order valence-corrected chi connectivity index (χ2v) is 5.86. The number of piperidine rings is 1. The van der Waals surface area contributed by atoms with Crippen molar-refractivity contribution in [2.24, 2.45) is 5.92 Å². The van der Waals surface area contributed by atoms with Gasteiger partial charge in [0.25, 0.3) is 0 Å². The highest BCUT2D eigenvalue weighted by atomic mass is 19.1. The minimum absolute atomic E-state index is 0.190. The van der Waals surface area contributed by atoms with Crippen LogP contribution in [-0.2, 0) is 11.2 Å². The van der Waals surface area contributed by atoms with E-state index < -0.39 is 0 Å². The number of carbonyl (C=O) groups is 1. The molecule has 2 aliphatic rings. The fourth-order valence-corrected chi connectivity index (χ4v) is 2.76. The standard InChI is InChI=1S/C15H21FN4O/c1-2-12-13(16)14(18-9-17-12)20-7-5-11(6-8-20)19-15(21)10-3-4-10/h9-11H,2-8H2,1H3,(H,19,21). The number of anilines is 1. The van der Waals surface area contributed by atoms with Gasteiger partial charge in [-0.2, -0.15) is 0 Å². The summed E-state index contributed by atoms with van der Waals surface area (Å²) in [4.78, 5) is 21.8. The Balaban J connectivity index is 1.59. The fourth-order valence-electron chi connectivity index (χ4n) is 2.76. The van der Waals surface area contributed by atoms with E-state index in [9.17, 15) is 9.18 Å². The molecule has 5 nitrogen and oxygen atoms in total. The monoisotopic (exact) mass is 292 g/mol. The molecule has 1 amide bonds. The first-order chi connectivity index (χ1) is 10.2. The number of hydrogen-bond donors (Lipinski definition) is 1. The van der Waals surface area contributed by atoms with Crippen LogP contribution in [0.25, 0.3) is 0 Å². The molecule has 1 N–H and O–H groups in total. The lowest BCUT2D eigenvalue weighted by molar-refractivity contribution is -0.123. The van der Waals surface area contributed by atoms with Gasteiger partial charge in [-0.25, -0.2) is 14.4 Å². The van der Waals surface area contributed by atoms with Crippen molar-refractivity contribution in [1.29, 1.82) is 0 Å². The summed E-state index contributed by atoms with van der Waals surface area (Å²) in [5.74, 6) is 0.527. The third-order valence-electron chi connectivity index (χ3n) is 4.27. The van der Waals surface area contributed by atoms with Crippen LogP contribution in [0.1, 0.15) is 38.3 Å². The van der Waals surface area contributed by atoms with E-state index in [0.717, 1.165) is 25.7 Å². The molecule has 1 aliphatic heterocycles. The zero-order valence-corrected chi connectivity index (χ0v) is 12.3. The number of aryl methyl sites for hydroxylation is 1. The van der Waals surface area contributed by atoms with Crippen LogP contribution in [0.4, 0.5) is 10.2 Å². The van der Waals surface area contributed by atoms with Crippen LogP contribution < -0.4 is 10.2 Å². The van der Waals surface area contributed by atoms with Crippen molar-refractivity contribution in [2.75, 3.05) is 18.0 Å². The number of amides is 1. The SMILES string of the molecule is CCc1ncnc(N2CCC(NC(=O)C3CC3)CC2)c1F. The van der Waals surface area contributed by atoms with Crippen LogP contribution in [0.5, 0.6) is 0 Å². The van der Waals surface area contributed by atoms with Crippen molar-refractivity contribution in [3.63, 3.8) is 0 Å². The van der Waals surface area contributed by atoms with Gasteiger partial charge >= 0.3 is 0 Å². The van der Waals surface area contributed by atoms with Crippen LogP contribution in [0, 0.1) is 11.7 Å². The zero-order valence-electron chi connectivity index (χ0n) is 12.3. The van der Waals surface area contributed by atoms with Gasteiger partial charge in [-0.05, 0) is 32.1 Å². The van der Waals surface area contributed by atoms with Crippen molar-refractivity contribution >= 4 is 11.7 Å². The molecule has 114 valence electrons. The Morgan fingerprint density at radius 3 is 2.67 bits per heavy atom. The summed E-state index contributed by atoms with van der Waals surface area (Å²) in [6, 6.07) is 0.213. The molecule has 1 saturated heterocycles. The molecule has 1 aromatic rings. The van der Waals surface area contributed by atoms with E-state index in [-0.39, 0.29) is 23.7 Å². The van der Waals surface area contributed by atoms with Crippen LogP contribution >= 0.6 is 0 Å².